The van der Waals surface area contributed by atoms with Crippen LogP contribution in [0.2, 0.25) is 0 Å². The second-order valence-electron chi connectivity index (χ2n) is 6.56. The van der Waals surface area contributed by atoms with Gasteiger partial charge >= 0.3 is 0 Å². The Morgan fingerprint density at radius 1 is 1.45 bits per heavy atom. The summed E-state index contributed by atoms with van der Waals surface area (Å²) in [5.74, 6) is 1.55. The number of nitrogens with one attached hydrogen (secondary N) is 1. The number of pyridine rings is 1. The SMILES string of the molecule is CCCOc1cncc(C(NC)C2CCCC2(C)C)c1. The van der Waals surface area contributed by atoms with Gasteiger partial charge in [-0.2, -0.15) is 0 Å². The maximum atomic E-state index is 5.71. The molecule has 112 valence electrons. The van der Waals surface area contributed by atoms with E-state index in [-0.39, 0.29) is 0 Å². The van der Waals surface area contributed by atoms with Crippen molar-refractivity contribution in [1.29, 1.82) is 0 Å². The molecule has 0 aromatic carbocycles. The average molecular weight is 276 g/mol. The molecule has 0 aliphatic heterocycles. The van der Waals surface area contributed by atoms with Crippen molar-refractivity contribution in [2.45, 2.75) is 52.5 Å². The van der Waals surface area contributed by atoms with Crippen LogP contribution in [0.1, 0.15) is 58.1 Å². The van der Waals surface area contributed by atoms with Crippen LogP contribution in [0.3, 0.4) is 0 Å². The quantitative estimate of drug-likeness (QED) is 0.854. The highest BCUT2D eigenvalue weighted by atomic mass is 16.5. The fourth-order valence-electron chi connectivity index (χ4n) is 3.48. The van der Waals surface area contributed by atoms with Crippen molar-refractivity contribution in [2.75, 3.05) is 13.7 Å². The number of ether oxygens (including phenoxy) is 1. The first-order valence-corrected chi connectivity index (χ1v) is 7.83. The molecule has 1 aliphatic carbocycles. The highest BCUT2D eigenvalue weighted by Gasteiger charge is 2.39. The Kier molecular flexibility index (Phi) is 5.03. The van der Waals surface area contributed by atoms with Gasteiger partial charge in [0.2, 0.25) is 0 Å². The van der Waals surface area contributed by atoms with E-state index in [4.69, 9.17) is 4.74 Å². The van der Waals surface area contributed by atoms with Crippen LogP contribution in [0.5, 0.6) is 5.75 Å². The second kappa shape index (κ2) is 6.57. The number of aromatic nitrogens is 1. The van der Waals surface area contributed by atoms with Crippen molar-refractivity contribution in [3.63, 3.8) is 0 Å². The maximum Gasteiger partial charge on any atom is 0.137 e. The smallest absolute Gasteiger partial charge is 0.137 e. The average Bonchev–Trinajstić information content (AvgIpc) is 2.78. The minimum absolute atomic E-state index is 0.366. The second-order valence-corrected chi connectivity index (χ2v) is 6.56. The first kappa shape index (κ1) is 15.3. The van der Waals surface area contributed by atoms with Gasteiger partial charge < -0.3 is 10.1 Å². The first-order chi connectivity index (χ1) is 9.58. The van der Waals surface area contributed by atoms with Crippen molar-refractivity contribution in [2.24, 2.45) is 11.3 Å². The summed E-state index contributed by atoms with van der Waals surface area (Å²) in [4.78, 5) is 4.36. The minimum atomic E-state index is 0.366. The Hall–Kier alpha value is -1.09. The molecule has 1 aromatic rings. The molecule has 1 saturated carbocycles. The lowest BCUT2D eigenvalue weighted by Crippen LogP contribution is -2.32. The van der Waals surface area contributed by atoms with Gasteiger partial charge in [-0.15, -0.1) is 0 Å². The molecule has 0 bridgehead atoms. The van der Waals surface area contributed by atoms with Crippen LogP contribution in [-0.2, 0) is 0 Å². The summed E-state index contributed by atoms with van der Waals surface area (Å²) in [6.07, 6.45) is 8.75. The summed E-state index contributed by atoms with van der Waals surface area (Å²) in [7, 11) is 2.05. The number of nitrogens with zero attached hydrogens (tertiary/aromatic N) is 1. The Bertz CT molecular complexity index is 431. The highest BCUT2D eigenvalue weighted by molar-refractivity contribution is 5.27. The molecule has 1 heterocycles. The van der Waals surface area contributed by atoms with E-state index in [1.165, 1.54) is 24.8 Å². The summed E-state index contributed by atoms with van der Waals surface area (Å²) >= 11 is 0. The van der Waals surface area contributed by atoms with E-state index >= 15 is 0 Å². The van der Waals surface area contributed by atoms with Crippen LogP contribution in [0.15, 0.2) is 18.5 Å². The van der Waals surface area contributed by atoms with Crippen molar-refractivity contribution in [3.05, 3.63) is 24.0 Å². The van der Waals surface area contributed by atoms with E-state index in [2.05, 4.69) is 44.2 Å². The normalized spacial score (nSPS) is 22.7. The Balaban J connectivity index is 2.19. The van der Waals surface area contributed by atoms with E-state index in [0.717, 1.165) is 18.8 Å². The fourth-order valence-corrected chi connectivity index (χ4v) is 3.48. The summed E-state index contributed by atoms with van der Waals surface area (Å²) < 4.78 is 5.71. The monoisotopic (exact) mass is 276 g/mol. The van der Waals surface area contributed by atoms with Gasteiger partial charge in [0.25, 0.3) is 0 Å². The third-order valence-corrected chi connectivity index (χ3v) is 4.62. The van der Waals surface area contributed by atoms with Crippen molar-refractivity contribution in [3.8, 4) is 5.75 Å². The molecule has 1 fully saturated rings. The van der Waals surface area contributed by atoms with E-state index in [1.54, 1.807) is 0 Å². The minimum Gasteiger partial charge on any atom is -0.492 e. The van der Waals surface area contributed by atoms with Crippen LogP contribution in [-0.4, -0.2) is 18.6 Å². The molecule has 2 atom stereocenters. The van der Waals surface area contributed by atoms with Crippen molar-refractivity contribution >= 4 is 0 Å². The van der Waals surface area contributed by atoms with E-state index < -0.39 is 0 Å². The predicted octanol–water partition coefficient (Wildman–Crippen LogP) is 3.96. The van der Waals surface area contributed by atoms with Crippen LogP contribution >= 0.6 is 0 Å². The number of hydrogen-bond donors (Lipinski definition) is 1. The van der Waals surface area contributed by atoms with Gasteiger partial charge in [0.05, 0.1) is 12.8 Å². The van der Waals surface area contributed by atoms with E-state index in [1.807, 2.05) is 12.4 Å². The van der Waals surface area contributed by atoms with Crippen LogP contribution in [0.25, 0.3) is 0 Å². The molecule has 0 amide bonds. The molecular formula is C17H28N2O. The summed E-state index contributed by atoms with van der Waals surface area (Å²) in [5.41, 5.74) is 1.65. The summed E-state index contributed by atoms with van der Waals surface area (Å²) in [6.45, 7) is 7.65. The lowest BCUT2D eigenvalue weighted by atomic mass is 9.76. The van der Waals surface area contributed by atoms with Crippen LogP contribution < -0.4 is 10.1 Å². The molecule has 2 unspecified atom stereocenters. The van der Waals surface area contributed by atoms with Gasteiger partial charge in [-0.25, -0.2) is 0 Å². The lowest BCUT2D eigenvalue weighted by Gasteiger charge is -2.34. The molecule has 2 rings (SSSR count). The molecule has 1 aliphatic rings. The molecule has 0 radical (unpaired) electrons. The molecule has 20 heavy (non-hydrogen) atoms. The molecule has 3 heteroatoms. The van der Waals surface area contributed by atoms with E-state index in [0.29, 0.717) is 17.4 Å². The van der Waals surface area contributed by atoms with Gasteiger partial charge in [-0.05, 0) is 49.3 Å². The Morgan fingerprint density at radius 3 is 2.85 bits per heavy atom. The van der Waals surface area contributed by atoms with Crippen LogP contribution in [0.4, 0.5) is 0 Å². The van der Waals surface area contributed by atoms with Gasteiger partial charge in [0, 0.05) is 12.2 Å². The summed E-state index contributed by atoms with van der Waals surface area (Å²) in [5, 5.41) is 3.50. The van der Waals surface area contributed by atoms with Crippen molar-refractivity contribution < 1.29 is 4.74 Å². The van der Waals surface area contributed by atoms with Gasteiger partial charge in [-0.3, -0.25) is 4.98 Å². The van der Waals surface area contributed by atoms with Gasteiger partial charge in [0.15, 0.2) is 0 Å². The zero-order valence-corrected chi connectivity index (χ0v) is 13.3. The number of rotatable bonds is 6. The third-order valence-electron chi connectivity index (χ3n) is 4.62. The third kappa shape index (κ3) is 3.32. The van der Waals surface area contributed by atoms with Crippen molar-refractivity contribution in [1.82, 2.24) is 10.3 Å². The van der Waals surface area contributed by atoms with Gasteiger partial charge in [0.1, 0.15) is 5.75 Å². The fraction of sp³-hybridized carbons (Fsp3) is 0.706. The molecule has 1 N–H and O–H groups in total. The molecule has 0 spiro atoms. The Labute approximate surface area is 123 Å². The Morgan fingerprint density at radius 2 is 2.25 bits per heavy atom. The predicted molar refractivity (Wildman–Crippen MR) is 82.9 cm³/mol. The number of hydrogen-bond acceptors (Lipinski definition) is 3. The highest BCUT2D eigenvalue weighted by Crippen LogP contribution is 2.48. The topological polar surface area (TPSA) is 34.1 Å². The molecule has 3 nitrogen and oxygen atoms in total. The zero-order chi connectivity index (χ0) is 14.6. The maximum absolute atomic E-state index is 5.71. The first-order valence-electron chi connectivity index (χ1n) is 7.83. The lowest BCUT2D eigenvalue weighted by molar-refractivity contribution is 0.203. The molecule has 1 aromatic heterocycles. The largest absolute Gasteiger partial charge is 0.492 e. The molecule has 0 saturated heterocycles. The van der Waals surface area contributed by atoms with E-state index in [9.17, 15) is 0 Å². The van der Waals surface area contributed by atoms with Gasteiger partial charge in [-0.1, -0.05) is 27.2 Å². The standard InChI is InChI=1S/C17H28N2O/c1-5-9-20-14-10-13(11-19-12-14)16(18-4)15-7-6-8-17(15,2)3/h10-12,15-16,18H,5-9H2,1-4H3. The zero-order valence-electron chi connectivity index (χ0n) is 13.3. The summed E-state index contributed by atoms with van der Waals surface area (Å²) in [6, 6.07) is 2.52. The van der Waals surface area contributed by atoms with Crippen LogP contribution in [0, 0.1) is 11.3 Å². The molecular weight excluding hydrogens is 248 g/mol.